The van der Waals surface area contributed by atoms with E-state index < -0.39 is 11.2 Å². The van der Waals surface area contributed by atoms with Crippen LogP contribution in [0.25, 0.3) is 11.2 Å². The Hall–Kier alpha value is -4.30. The first-order valence-corrected chi connectivity index (χ1v) is 12.1. The number of benzene rings is 3. The minimum Gasteiger partial charge on any atom is -0.317 e. The van der Waals surface area contributed by atoms with Crippen LogP contribution in [0.1, 0.15) is 22.5 Å². The van der Waals surface area contributed by atoms with E-state index in [-0.39, 0.29) is 5.82 Å². The summed E-state index contributed by atoms with van der Waals surface area (Å²) in [6.45, 7) is 2.11. The van der Waals surface area contributed by atoms with E-state index >= 15 is 0 Å². The van der Waals surface area contributed by atoms with Gasteiger partial charge in [0.2, 0.25) is 0 Å². The molecule has 0 spiro atoms. The van der Waals surface area contributed by atoms with Gasteiger partial charge >= 0.3 is 5.69 Å². The fraction of sp³-hybridized carbons (Fsp3) is 0.207. The van der Waals surface area contributed by atoms with Crippen LogP contribution in [0.2, 0.25) is 0 Å². The largest absolute Gasteiger partial charge is 0.332 e. The summed E-state index contributed by atoms with van der Waals surface area (Å²) in [7, 11) is 3.09. The molecule has 0 aliphatic carbocycles. The standard InChI is InChI=1S/C29H28FN5O2/c1-32-27-26(28(36)33(2)29(32)37)35(19-23-13-15-24(30)16-14-23)25(31-27)20-34(17-21-9-5-3-6-10-21)18-22-11-7-4-8-12-22/h3-16H,17-20H2,1-2H3. The van der Waals surface area contributed by atoms with Crippen LogP contribution in [0.5, 0.6) is 0 Å². The molecular formula is C29H28FN5O2. The number of fused-ring (bicyclic) bond motifs is 1. The molecule has 0 radical (unpaired) electrons. The highest BCUT2D eigenvalue weighted by atomic mass is 19.1. The van der Waals surface area contributed by atoms with E-state index in [1.165, 1.54) is 23.7 Å². The van der Waals surface area contributed by atoms with Crippen LogP contribution in [-0.4, -0.2) is 23.6 Å². The van der Waals surface area contributed by atoms with Gasteiger partial charge < -0.3 is 4.57 Å². The zero-order valence-electron chi connectivity index (χ0n) is 20.8. The third kappa shape index (κ3) is 5.15. The van der Waals surface area contributed by atoms with Crippen molar-refractivity contribution in [2.45, 2.75) is 26.2 Å². The molecule has 0 bridgehead atoms. The Labute approximate surface area is 213 Å². The normalized spacial score (nSPS) is 11.5. The smallest absolute Gasteiger partial charge is 0.317 e. The predicted molar refractivity (Wildman–Crippen MR) is 142 cm³/mol. The van der Waals surface area contributed by atoms with Gasteiger partial charge in [-0.1, -0.05) is 72.8 Å². The molecule has 0 aliphatic rings. The van der Waals surface area contributed by atoms with Gasteiger partial charge in [-0.05, 0) is 28.8 Å². The zero-order chi connectivity index (χ0) is 25.9. The molecule has 0 fully saturated rings. The van der Waals surface area contributed by atoms with Crippen molar-refractivity contribution in [3.8, 4) is 0 Å². The maximum atomic E-state index is 13.6. The highest BCUT2D eigenvalue weighted by molar-refractivity contribution is 5.71. The molecule has 5 rings (SSSR count). The molecule has 0 atom stereocenters. The van der Waals surface area contributed by atoms with Gasteiger partial charge in [0.25, 0.3) is 5.56 Å². The van der Waals surface area contributed by atoms with Crippen molar-refractivity contribution in [3.63, 3.8) is 0 Å². The maximum Gasteiger partial charge on any atom is 0.332 e. The van der Waals surface area contributed by atoms with E-state index in [0.717, 1.165) is 21.3 Å². The van der Waals surface area contributed by atoms with Gasteiger partial charge in [-0.2, -0.15) is 0 Å². The summed E-state index contributed by atoms with van der Waals surface area (Å²) in [4.78, 5) is 33.0. The third-order valence-corrected chi connectivity index (χ3v) is 6.54. The van der Waals surface area contributed by atoms with Gasteiger partial charge in [-0.15, -0.1) is 0 Å². The van der Waals surface area contributed by atoms with Gasteiger partial charge in [0.1, 0.15) is 11.6 Å². The SMILES string of the molecule is Cn1c(=O)c2c(nc(CN(Cc3ccccc3)Cc3ccccc3)n2Cc2ccc(F)cc2)n(C)c1=O. The molecule has 37 heavy (non-hydrogen) atoms. The maximum absolute atomic E-state index is 13.6. The Kier molecular flexibility index (Phi) is 6.83. The first-order chi connectivity index (χ1) is 17.9. The van der Waals surface area contributed by atoms with Crippen LogP contribution in [0.15, 0.2) is 94.5 Å². The summed E-state index contributed by atoms with van der Waals surface area (Å²) < 4.78 is 17.9. The Morgan fingerprint density at radius 1 is 0.730 bits per heavy atom. The Morgan fingerprint density at radius 3 is 1.86 bits per heavy atom. The van der Waals surface area contributed by atoms with E-state index in [0.29, 0.717) is 43.2 Å². The number of aryl methyl sites for hydroxylation is 1. The van der Waals surface area contributed by atoms with Crippen LogP contribution < -0.4 is 11.2 Å². The molecular weight excluding hydrogens is 469 g/mol. The molecule has 5 aromatic rings. The second-order valence-electron chi connectivity index (χ2n) is 9.23. The number of imidazole rings is 1. The summed E-state index contributed by atoms with van der Waals surface area (Å²) in [5, 5.41) is 0. The fourth-order valence-corrected chi connectivity index (χ4v) is 4.61. The number of halogens is 1. The fourth-order valence-electron chi connectivity index (χ4n) is 4.61. The van der Waals surface area contributed by atoms with Crippen molar-refractivity contribution in [1.29, 1.82) is 0 Å². The van der Waals surface area contributed by atoms with Gasteiger partial charge in [0.05, 0.1) is 6.54 Å². The highest BCUT2D eigenvalue weighted by Crippen LogP contribution is 2.19. The average Bonchev–Trinajstić information content (AvgIpc) is 3.26. The van der Waals surface area contributed by atoms with Crippen LogP contribution in [0.4, 0.5) is 4.39 Å². The molecule has 0 saturated heterocycles. The Balaban J connectivity index is 1.62. The minimum atomic E-state index is -0.430. The van der Waals surface area contributed by atoms with Gasteiger partial charge in [0, 0.05) is 33.7 Å². The van der Waals surface area contributed by atoms with E-state index in [1.807, 2.05) is 41.0 Å². The molecule has 0 unspecified atom stereocenters. The van der Waals surface area contributed by atoms with Crippen molar-refractivity contribution in [1.82, 2.24) is 23.6 Å². The van der Waals surface area contributed by atoms with Crippen molar-refractivity contribution in [2.24, 2.45) is 14.1 Å². The predicted octanol–water partition coefficient (Wildman–Crippen LogP) is 3.82. The lowest BCUT2D eigenvalue weighted by Crippen LogP contribution is -2.37. The van der Waals surface area contributed by atoms with E-state index in [9.17, 15) is 14.0 Å². The lowest BCUT2D eigenvalue weighted by molar-refractivity contribution is 0.238. The molecule has 0 saturated carbocycles. The summed E-state index contributed by atoms with van der Waals surface area (Å²) in [6, 6.07) is 26.6. The summed E-state index contributed by atoms with van der Waals surface area (Å²) in [5.74, 6) is 0.333. The second kappa shape index (κ2) is 10.4. The average molecular weight is 498 g/mol. The lowest BCUT2D eigenvalue weighted by atomic mass is 10.1. The van der Waals surface area contributed by atoms with E-state index in [2.05, 4.69) is 29.2 Å². The quantitative estimate of drug-likeness (QED) is 0.327. The van der Waals surface area contributed by atoms with Crippen molar-refractivity contribution < 1.29 is 4.39 Å². The zero-order valence-corrected chi connectivity index (χ0v) is 20.8. The summed E-state index contributed by atoms with van der Waals surface area (Å²) in [6.07, 6.45) is 0. The lowest BCUT2D eigenvalue weighted by Gasteiger charge is -2.23. The first-order valence-electron chi connectivity index (χ1n) is 12.1. The number of hydrogen-bond acceptors (Lipinski definition) is 4. The Morgan fingerprint density at radius 2 is 1.30 bits per heavy atom. The van der Waals surface area contributed by atoms with Crippen LogP contribution in [-0.2, 0) is 40.3 Å². The van der Waals surface area contributed by atoms with Crippen LogP contribution in [0.3, 0.4) is 0 Å². The van der Waals surface area contributed by atoms with Gasteiger partial charge in [0.15, 0.2) is 11.2 Å². The van der Waals surface area contributed by atoms with E-state index in [4.69, 9.17) is 4.98 Å². The molecule has 3 aromatic carbocycles. The molecule has 0 amide bonds. The van der Waals surface area contributed by atoms with Crippen molar-refractivity contribution >= 4 is 11.2 Å². The molecule has 2 heterocycles. The van der Waals surface area contributed by atoms with Crippen molar-refractivity contribution in [3.05, 3.63) is 134 Å². The summed E-state index contributed by atoms with van der Waals surface area (Å²) >= 11 is 0. The van der Waals surface area contributed by atoms with E-state index in [1.54, 1.807) is 19.2 Å². The monoisotopic (exact) mass is 497 g/mol. The molecule has 7 nitrogen and oxygen atoms in total. The number of aromatic nitrogens is 4. The first kappa shape index (κ1) is 24.4. The second-order valence-corrected chi connectivity index (χ2v) is 9.23. The van der Waals surface area contributed by atoms with Crippen LogP contribution >= 0.6 is 0 Å². The Bertz CT molecular complexity index is 1600. The molecule has 2 aromatic heterocycles. The molecule has 0 N–H and O–H groups in total. The van der Waals surface area contributed by atoms with Crippen molar-refractivity contribution in [2.75, 3.05) is 0 Å². The van der Waals surface area contributed by atoms with Gasteiger partial charge in [-0.25, -0.2) is 14.2 Å². The molecule has 0 aliphatic heterocycles. The number of rotatable bonds is 8. The highest BCUT2D eigenvalue weighted by Gasteiger charge is 2.21. The number of nitrogens with zero attached hydrogens (tertiary/aromatic N) is 5. The van der Waals surface area contributed by atoms with Gasteiger partial charge in [-0.3, -0.25) is 18.8 Å². The third-order valence-electron chi connectivity index (χ3n) is 6.54. The molecule has 8 heteroatoms. The minimum absolute atomic E-state index is 0.323. The topological polar surface area (TPSA) is 65.1 Å². The summed E-state index contributed by atoms with van der Waals surface area (Å²) in [5.41, 5.74) is 2.99. The van der Waals surface area contributed by atoms with Crippen LogP contribution in [0, 0.1) is 5.82 Å². The number of hydrogen-bond donors (Lipinski definition) is 0. The molecule has 188 valence electrons.